The Morgan fingerprint density at radius 3 is 2.12 bits per heavy atom. The molecule has 0 saturated carbocycles. The molecular weight excluding hydrogens is 212 g/mol. The molecule has 2 N–H and O–H groups in total. The third-order valence-corrected chi connectivity index (χ3v) is 2.41. The van der Waals surface area contributed by atoms with E-state index in [1.54, 1.807) is 6.92 Å². The van der Waals surface area contributed by atoms with E-state index < -0.39 is 24.6 Å². The van der Waals surface area contributed by atoms with Crippen LogP contribution < -0.4 is 5.32 Å². The molecule has 6 nitrogen and oxygen atoms in total. The van der Waals surface area contributed by atoms with Crippen LogP contribution in [-0.2, 0) is 14.4 Å². The summed E-state index contributed by atoms with van der Waals surface area (Å²) < 4.78 is 0. The zero-order chi connectivity index (χ0) is 12.9. The number of hydrogen-bond acceptors (Lipinski definition) is 4. The first-order valence-electron chi connectivity index (χ1n) is 4.96. The van der Waals surface area contributed by atoms with E-state index in [0.29, 0.717) is 0 Å². The predicted molar refractivity (Wildman–Crippen MR) is 57.6 cm³/mol. The number of aliphatic hydroxyl groups excluding tert-OH is 1. The van der Waals surface area contributed by atoms with Gasteiger partial charge in [-0.15, -0.1) is 0 Å². The maximum Gasteiger partial charge on any atom is 0.245 e. The van der Waals surface area contributed by atoms with E-state index >= 15 is 0 Å². The maximum absolute atomic E-state index is 11.6. The summed E-state index contributed by atoms with van der Waals surface area (Å²) in [5.74, 6) is -1.05. The van der Waals surface area contributed by atoms with E-state index in [1.807, 2.05) is 0 Å². The lowest BCUT2D eigenvalue weighted by molar-refractivity contribution is -0.139. The van der Waals surface area contributed by atoms with Crippen LogP contribution in [-0.4, -0.2) is 53.3 Å². The number of ketones is 1. The van der Waals surface area contributed by atoms with Crippen LogP contribution in [0, 0.1) is 0 Å². The molecule has 0 saturated heterocycles. The van der Waals surface area contributed by atoms with Gasteiger partial charge in [0.05, 0.1) is 12.6 Å². The lowest BCUT2D eigenvalue weighted by Crippen LogP contribution is -2.52. The molecule has 92 valence electrons. The van der Waals surface area contributed by atoms with Gasteiger partial charge in [-0.2, -0.15) is 0 Å². The van der Waals surface area contributed by atoms with Gasteiger partial charge in [-0.3, -0.25) is 14.4 Å². The zero-order valence-corrected chi connectivity index (χ0v) is 9.98. The standard InChI is InChI=1S/C10H18N2O4/c1-6(7(2)14)11-10(16)9(5-13)12(4)8(3)15/h6,9,13H,5H2,1-4H3,(H,11,16). The highest BCUT2D eigenvalue weighted by Gasteiger charge is 2.25. The Labute approximate surface area is 94.6 Å². The normalized spacial score (nSPS) is 13.8. The Morgan fingerprint density at radius 1 is 1.31 bits per heavy atom. The van der Waals surface area contributed by atoms with E-state index in [9.17, 15) is 14.4 Å². The second-order valence-electron chi connectivity index (χ2n) is 3.67. The molecule has 6 heteroatoms. The van der Waals surface area contributed by atoms with Crippen molar-refractivity contribution in [3.05, 3.63) is 0 Å². The summed E-state index contributed by atoms with van der Waals surface area (Å²) in [5, 5.41) is 11.5. The van der Waals surface area contributed by atoms with E-state index in [4.69, 9.17) is 5.11 Å². The number of nitrogens with zero attached hydrogens (tertiary/aromatic N) is 1. The third-order valence-electron chi connectivity index (χ3n) is 2.41. The molecular formula is C10H18N2O4. The summed E-state index contributed by atoms with van der Waals surface area (Å²) in [4.78, 5) is 34.7. The summed E-state index contributed by atoms with van der Waals surface area (Å²) in [6.45, 7) is 3.72. The fourth-order valence-corrected chi connectivity index (χ4v) is 1.01. The van der Waals surface area contributed by atoms with Crippen molar-refractivity contribution >= 4 is 17.6 Å². The fourth-order valence-electron chi connectivity index (χ4n) is 1.01. The van der Waals surface area contributed by atoms with Crippen molar-refractivity contribution in [3.63, 3.8) is 0 Å². The minimum atomic E-state index is -0.959. The van der Waals surface area contributed by atoms with Crippen molar-refractivity contribution < 1.29 is 19.5 Å². The molecule has 0 aromatic rings. The average molecular weight is 230 g/mol. The molecule has 2 amide bonds. The highest BCUT2D eigenvalue weighted by Crippen LogP contribution is 1.98. The topological polar surface area (TPSA) is 86.7 Å². The number of carbonyl (C=O) groups excluding carboxylic acids is 3. The molecule has 16 heavy (non-hydrogen) atoms. The number of aliphatic hydroxyl groups is 1. The minimum absolute atomic E-state index is 0.185. The van der Waals surface area contributed by atoms with Crippen molar-refractivity contribution in [1.82, 2.24) is 10.2 Å². The lowest BCUT2D eigenvalue weighted by Gasteiger charge is -2.25. The Kier molecular flexibility index (Phi) is 5.66. The molecule has 0 aliphatic carbocycles. The number of carbonyl (C=O) groups is 3. The van der Waals surface area contributed by atoms with Gasteiger partial charge in [-0.25, -0.2) is 0 Å². The number of amides is 2. The monoisotopic (exact) mass is 230 g/mol. The van der Waals surface area contributed by atoms with Gasteiger partial charge >= 0.3 is 0 Å². The Morgan fingerprint density at radius 2 is 1.81 bits per heavy atom. The summed E-state index contributed by atoms with van der Waals surface area (Å²) in [5.41, 5.74) is 0. The van der Waals surface area contributed by atoms with Crippen LogP contribution in [0.25, 0.3) is 0 Å². The average Bonchev–Trinajstić information content (AvgIpc) is 2.18. The van der Waals surface area contributed by atoms with Gasteiger partial charge in [0.15, 0.2) is 5.78 Å². The zero-order valence-electron chi connectivity index (χ0n) is 9.98. The predicted octanol–water partition coefficient (Wildman–Crippen LogP) is -1.08. The second kappa shape index (κ2) is 6.22. The highest BCUT2D eigenvalue weighted by atomic mass is 16.3. The summed E-state index contributed by atoms with van der Waals surface area (Å²) in [6.07, 6.45) is 0. The largest absolute Gasteiger partial charge is 0.394 e. The molecule has 2 unspecified atom stereocenters. The summed E-state index contributed by atoms with van der Waals surface area (Å²) >= 11 is 0. The molecule has 0 aliphatic rings. The molecule has 2 atom stereocenters. The van der Waals surface area contributed by atoms with Crippen molar-refractivity contribution in [1.29, 1.82) is 0 Å². The number of Topliss-reactive ketones (excluding diaryl/α,β-unsaturated/α-hetero) is 1. The summed E-state index contributed by atoms with van der Waals surface area (Å²) in [7, 11) is 1.42. The highest BCUT2D eigenvalue weighted by molar-refractivity contribution is 5.91. The van der Waals surface area contributed by atoms with Gasteiger partial charge in [0.25, 0.3) is 0 Å². The molecule has 0 aliphatic heterocycles. The number of likely N-dealkylation sites (N-methyl/N-ethyl adjacent to an activating group) is 1. The van der Waals surface area contributed by atoms with Gasteiger partial charge in [0, 0.05) is 14.0 Å². The van der Waals surface area contributed by atoms with Crippen LogP contribution in [0.2, 0.25) is 0 Å². The van der Waals surface area contributed by atoms with Crippen molar-refractivity contribution in [2.24, 2.45) is 0 Å². The maximum atomic E-state index is 11.6. The van der Waals surface area contributed by atoms with Crippen molar-refractivity contribution in [3.8, 4) is 0 Å². The molecule has 0 heterocycles. The van der Waals surface area contributed by atoms with Crippen LogP contribution >= 0.6 is 0 Å². The number of rotatable bonds is 5. The molecule has 0 bridgehead atoms. The van der Waals surface area contributed by atoms with Crippen molar-refractivity contribution in [2.45, 2.75) is 32.9 Å². The summed E-state index contributed by atoms with van der Waals surface area (Å²) in [6, 6.07) is -1.58. The lowest BCUT2D eigenvalue weighted by atomic mass is 10.2. The van der Waals surface area contributed by atoms with E-state index in [1.165, 1.54) is 20.9 Å². The first kappa shape index (κ1) is 14.6. The Bertz CT molecular complexity index is 291. The minimum Gasteiger partial charge on any atom is -0.394 e. The molecule has 0 aromatic heterocycles. The van der Waals surface area contributed by atoms with Gasteiger partial charge in [-0.1, -0.05) is 0 Å². The molecule has 0 spiro atoms. The van der Waals surface area contributed by atoms with E-state index in [-0.39, 0.29) is 11.7 Å². The van der Waals surface area contributed by atoms with Crippen LogP contribution in [0.5, 0.6) is 0 Å². The van der Waals surface area contributed by atoms with Gasteiger partial charge < -0.3 is 15.3 Å². The quantitative estimate of drug-likeness (QED) is 0.629. The Balaban J connectivity index is 4.54. The van der Waals surface area contributed by atoms with Crippen LogP contribution in [0.3, 0.4) is 0 Å². The molecule has 0 fully saturated rings. The molecule has 0 aromatic carbocycles. The third kappa shape index (κ3) is 3.98. The van der Waals surface area contributed by atoms with Crippen LogP contribution in [0.1, 0.15) is 20.8 Å². The van der Waals surface area contributed by atoms with Gasteiger partial charge in [0.2, 0.25) is 11.8 Å². The van der Waals surface area contributed by atoms with Crippen molar-refractivity contribution in [2.75, 3.05) is 13.7 Å². The van der Waals surface area contributed by atoms with E-state index in [0.717, 1.165) is 4.90 Å². The molecule has 0 radical (unpaired) electrons. The second-order valence-corrected chi connectivity index (χ2v) is 3.67. The van der Waals surface area contributed by atoms with E-state index in [2.05, 4.69) is 5.32 Å². The SMILES string of the molecule is CC(=O)C(C)NC(=O)C(CO)N(C)C(C)=O. The van der Waals surface area contributed by atoms with Gasteiger partial charge in [0.1, 0.15) is 6.04 Å². The smallest absolute Gasteiger partial charge is 0.245 e. The fraction of sp³-hybridized carbons (Fsp3) is 0.700. The number of nitrogens with one attached hydrogen (secondary N) is 1. The van der Waals surface area contributed by atoms with Gasteiger partial charge in [-0.05, 0) is 13.8 Å². The Hall–Kier alpha value is -1.43. The molecule has 0 rings (SSSR count). The van der Waals surface area contributed by atoms with Crippen LogP contribution in [0.4, 0.5) is 0 Å². The number of hydrogen-bond donors (Lipinski definition) is 2. The first-order chi connectivity index (χ1) is 7.31. The van der Waals surface area contributed by atoms with Crippen LogP contribution in [0.15, 0.2) is 0 Å². The first-order valence-corrected chi connectivity index (χ1v) is 4.96.